The van der Waals surface area contributed by atoms with Crippen LogP contribution in [0, 0.1) is 5.92 Å². The van der Waals surface area contributed by atoms with Gasteiger partial charge in [0, 0.05) is 29.9 Å². The van der Waals surface area contributed by atoms with Crippen LogP contribution in [0.4, 0.5) is 21.0 Å². The number of benzene rings is 1. The number of amides is 3. The molecule has 0 spiro atoms. The summed E-state index contributed by atoms with van der Waals surface area (Å²) >= 11 is 0. The van der Waals surface area contributed by atoms with E-state index in [4.69, 9.17) is 0 Å². The largest absolute Gasteiger partial charge is 0.453 e. The monoisotopic (exact) mass is 335 g/mol. The van der Waals surface area contributed by atoms with Gasteiger partial charge in [-0.25, -0.2) is 9.59 Å². The molecule has 2 atom stereocenters. The Morgan fingerprint density at radius 3 is 2.58 bits per heavy atom. The summed E-state index contributed by atoms with van der Waals surface area (Å²) in [4.78, 5) is 23.5. The van der Waals surface area contributed by atoms with Gasteiger partial charge in [-0.05, 0) is 31.0 Å². The predicted molar refractivity (Wildman–Crippen MR) is 92.1 cm³/mol. The molecule has 3 amide bonds. The lowest BCUT2D eigenvalue weighted by molar-refractivity contribution is 0.182. The smallest absolute Gasteiger partial charge is 0.411 e. The summed E-state index contributed by atoms with van der Waals surface area (Å²) < 4.78 is 4.54. The molecule has 0 aromatic heterocycles. The molecule has 0 bridgehead atoms. The van der Waals surface area contributed by atoms with Crippen molar-refractivity contribution < 1.29 is 19.4 Å². The molecule has 2 rings (SSSR count). The highest BCUT2D eigenvalue weighted by atomic mass is 16.5. The quantitative estimate of drug-likeness (QED) is 0.636. The van der Waals surface area contributed by atoms with Gasteiger partial charge < -0.3 is 20.5 Å². The van der Waals surface area contributed by atoms with Gasteiger partial charge >= 0.3 is 12.1 Å². The number of hydrogen-bond donors (Lipinski definition) is 4. The van der Waals surface area contributed by atoms with Crippen molar-refractivity contribution in [2.45, 2.75) is 38.1 Å². The van der Waals surface area contributed by atoms with Crippen LogP contribution < -0.4 is 16.0 Å². The summed E-state index contributed by atoms with van der Waals surface area (Å²) in [5.41, 5.74) is 1.10. The third kappa shape index (κ3) is 5.42. The van der Waals surface area contributed by atoms with Crippen molar-refractivity contribution in [2.24, 2.45) is 5.92 Å². The normalized spacial score (nSPS) is 20.6. The highest BCUT2D eigenvalue weighted by molar-refractivity contribution is 5.91. The molecular formula is C17H25N3O4. The number of hydrogen-bond acceptors (Lipinski definition) is 4. The number of ether oxygens (including phenoxy) is 1. The highest BCUT2D eigenvalue weighted by Gasteiger charge is 2.24. The maximum absolute atomic E-state index is 12.2. The molecule has 1 aliphatic carbocycles. The van der Waals surface area contributed by atoms with Gasteiger partial charge in [-0.15, -0.1) is 0 Å². The minimum Gasteiger partial charge on any atom is -0.453 e. The van der Waals surface area contributed by atoms with Crippen molar-refractivity contribution in [1.82, 2.24) is 5.32 Å². The number of nitrogens with one attached hydrogen (secondary N) is 3. The first-order valence-corrected chi connectivity index (χ1v) is 8.25. The lowest BCUT2D eigenvalue weighted by atomic mass is 9.96. The van der Waals surface area contributed by atoms with Crippen LogP contribution in [0.2, 0.25) is 0 Å². The van der Waals surface area contributed by atoms with E-state index in [0.717, 1.165) is 32.1 Å². The number of methoxy groups -OCH3 is 1. The maximum Gasteiger partial charge on any atom is 0.411 e. The minimum absolute atomic E-state index is 0.0196. The Morgan fingerprint density at radius 1 is 1.17 bits per heavy atom. The van der Waals surface area contributed by atoms with E-state index in [0.29, 0.717) is 11.4 Å². The zero-order chi connectivity index (χ0) is 17.4. The zero-order valence-corrected chi connectivity index (χ0v) is 13.9. The zero-order valence-electron chi connectivity index (χ0n) is 13.9. The van der Waals surface area contributed by atoms with Crippen LogP contribution >= 0.6 is 0 Å². The summed E-state index contributed by atoms with van der Waals surface area (Å²) in [5, 5.41) is 17.8. The first-order valence-electron chi connectivity index (χ1n) is 8.25. The average molecular weight is 335 g/mol. The van der Waals surface area contributed by atoms with Crippen LogP contribution in [0.1, 0.15) is 32.1 Å². The third-order valence-corrected chi connectivity index (χ3v) is 4.26. The first kappa shape index (κ1) is 18.1. The van der Waals surface area contributed by atoms with E-state index in [1.165, 1.54) is 7.11 Å². The lowest BCUT2D eigenvalue weighted by Gasteiger charge is -2.24. The Balaban J connectivity index is 1.93. The summed E-state index contributed by atoms with van der Waals surface area (Å²) in [5.74, 6) is 0.102. The predicted octanol–water partition coefficient (Wildman–Crippen LogP) is 2.93. The van der Waals surface area contributed by atoms with E-state index in [9.17, 15) is 14.7 Å². The fourth-order valence-electron chi connectivity index (χ4n) is 2.97. The van der Waals surface area contributed by atoms with E-state index in [1.807, 2.05) is 0 Å². The SMILES string of the molecule is COC(=O)Nc1cccc(NC(=O)NC2CCCCCC2CO)c1. The van der Waals surface area contributed by atoms with E-state index < -0.39 is 6.09 Å². The van der Waals surface area contributed by atoms with Crippen LogP contribution in [-0.2, 0) is 4.74 Å². The summed E-state index contributed by atoms with van der Waals surface area (Å²) in [6.45, 7) is 0.0868. The fourth-order valence-corrected chi connectivity index (χ4v) is 2.97. The Hall–Kier alpha value is -2.28. The second kappa shape index (κ2) is 9.12. The van der Waals surface area contributed by atoms with Crippen molar-refractivity contribution >= 4 is 23.5 Å². The average Bonchev–Trinajstić information content (AvgIpc) is 2.79. The second-order valence-corrected chi connectivity index (χ2v) is 5.98. The van der Waals surface area contributed by atoms with Gasteiger partial charge in [-0.1, -0.05) is 25.3 Å². The van der Waals surface area contributed by atoms with Gasteiger partial charge in [0.15, 0.2) is 0 Å². The first-order chi connectivity index (χ1) is 11.6. The topological polar surface area (TPSA) is 99.7 Å². The number of anilines is 2. The van der Waals surface area contributed by atoms with Crippen molar-refractivity contribution in [3.8, 4) is 0 Å². The maximum atomic E-state index is 12.2. The van der Waals surface area contributed by atoms with Gasteiger partial charge in [-0.2, -0.15) is 0 Å². The molecule has 1 fully saturated rings. The standard InChI is InChI=1S/C17H25N3O4/c1-24-17(23)19-14-8-5-7-13(10-14)18-16(22)20-15-9-4-2-3-6-12(15)11-21/h5,7-8,10,12,15,21H,2-4,6,9,11H2,1H3,(H,19,23)(H2,18,20,22). The molecule has 0 aliphatic heterocycles. The van der Waals surface area contributed by atoms with E-state index in [2.05, 4.69) is 20.7 Å². The molecular weight excluding hydrogens is 310 g/mol. The molecule has 0 saturated heterocycles. The summed E-state index contributed by atoms with van der Waals surface area (Å²) in [6.07, 6.45) is 4.52. The van der Waals surface area contributed by atoms with Crippen molar-refractivity contribution in [3.05, 3.63) is 24.3 Å². The Bertz CT molecular complexity index is 565. The Morgan fingerprint density at radius 2 is 1.88 bits per heavy atom. The molecule has 0 radical (unpaired) electrons. The van der Waals surface area contributed by atoms with Gasteiger partial charge in [-0.3, -0.25) is 5.32 Å². The molecule has 132 valence electrons. The van der Waals surface area contributed by atoms with Crippen LogP contribution in [-0.4, -0.2) is 37.0 Å². The minimum atomic E-state index is -0.569. The molecule has 1 aromatic rings. The van der Waals surface area contributed by atoms with Gasteiger partial charge in [0.1, 0.15) is 0 Å². The van der Waals surface area contributed by atoms with Gasteiger partial charge in [0.05, 0.1) is 7.11 Å². The van der Waals surface area contributed by atoms with Crippen LogP contribution in [0.5, 0.6) is 0 Å². The molecule has 0 heterocycles. The van der Waals surface area contributed by atoms with Crippen molar-refractivity contribution in [2.75, 3.05) is 24.4 Å². The number of rotatable bonds is 4. The summed E-state index contributed by atoms with van der Waals surface area (Å²) in [7, 11) is 1.29. The molecule has 24 heavy (non-hydrogen) atoms. The number of aliphatic hydroxyl groups excluding tert-OH is 1. The molecule has 7 heteroatoms. The third-order valence-electron chi connectivity index (χ3n) is 4.26. The molecule has 4 N–H and O–H groups in total. The summed E-state index contributed by atoms with van der Waals surface area (Å²) in [6, 6.07) is 6.48. The van der Waals surface area contributed by atoms with Gasteiger partial charge in [0.25, 0.3) is 0 Å². The number of carbonyl (C=O) groups excluding carboxylic acids is 2. The molecule has 7 nitrogen and oxygen atoms in total. The van der Waals surface area contributed by atoms with Gasteiger partial charge in [0.2, 0.25) is 0 Å². The van der Waals surface area contributed by atoms with Crippen LogP contribution in [0.15, 0.2) is 24.3 Å². The van der Waals surface area contributed by atoms with Crippen LogP contribution in [0.25, 0.3) is 0 Å². The number of carbonyl (C=O) groups is 2. The fraction of sp³-hybridized carbons (Fsp3) is 0.529. The van der Waals surface area contributed by atoms with E-state index in [1.54, 1.807) is 24.3 Å². The number of aliphatic hydroxyl groups is 1. The number of urea groups is 1. The van der Waals surface area contributed by atoms with E-state index >= 15 is 0 Å². The molecule has 1 saturated carbocycles. The molecule has 2 unspecified atom stereocenters. The van der Waals surface area contributed by atoms with Crippen LogP contribution in [0.3, 0.4) is 0 Å². The Kier molecular flexibility index (Phi) is 6.87. The lowest BCUT2D eigenvalue weighted by Crippen LogP contribution is -2.43. The van der Waals surface area contributed by atoms with Crippen molar-refractivity contribution in [1.29, 1.82) is 0 Å². The van der Waals surface area contributed by atoms with E-state index in [-0.39, 0.29) is 24.6 Å². The molecule has 1 aromatic carbocycles. The molecule has 1 aliphatic rings. The highest BCUT2D eigenvalue weighted by Crippen LogP contribution is 2.23. The Labute approximate surface area is 141 Å². The second-order valence-electron chi connectivity index (χ2n) is 5.98. The van der Waals surface area contributed by atoms with Crippen molar-refractivity contribution in [3.63, 3.8) is 0 Å².